The molecule has 0 aromatic carbocycles. The van der Waals surface area contributed by atoms with Gasteiger partial charge in [-0.1, -0.05) is 11.6 Å². The van der Waals surface area contributed by atoms with Gasteiger partial charge in [-0.25, -0.2) is 4.98 Å². The number of halogens is 1. The van der Waals surface area contributed by atoms with Gasteiger partial charge < -0.3 is 14.8 Å². The minimum atomic E-state index is -0.393. The molecule has 1 N–H and O–H groups in total. The molecule has 0 unspecified atom stereocenters. The van der Waals surface area contributed by atoms with Crippen LogP contribution in [0.3, 0.4) is 0 Å². The Morgan fingerprint density at radius 3 is 2.92 bits per heavy atom. The van der Waals surface area contributed by atoms with Crippen LogP contribution < -0.4 is 10.5 Å². The number of amides is 1. The summed E-state index contributed by atoms with van der Waals surface area (Å²) >= 11 is 5.85. The van der Waals surface area contributed by atoms with E-state index in [1.165, 1.54) is 12.3 Å². The largest absolute Gasteiger partial charge is 0.363 e. The van der Waals surface area contributed by atoms with Crippen molar-refractivity contribution in [2.45, 2.75) is 18.9 Å². The SMILES string of the molecule is CN(C)c1cc([C@@H]2CCCN2C(=O)c2c[nH]c(=O)c(Cl)c2)ccn1. The van der Waals surface area contributed by atoms with E-state index in [-0.39, 0.29) is 17.0 Å². The molecule has 0 saturated carbocycles. The van der Waals surface area contributed by atoms with Crippen molar-refractivity contribution in [3.05, 3.63) is 57.1 Å². The number of hydrogen-bond acceptors (Lipinski definition) is 4. The molecule has 3 rings (SSSR count). The molecule has 3 heterocycles. The summed E-state index contributed by atoms with van der Waals surface area (Å²) in [5, 5.41) is 0.0235. The van der Waals surface area contributed by atoms with E-state index in [0.717, 1.165) is 24.2 Å². The van der Waals surface area contributed by atoms with Gasteiger partial charge in [0.15, 0.2) is 0 Å². The fraction of sp³-hybridized carbons (Fsp3) is 0.353. The van der Waals surface area contributed by atoms with Crippen molar-refractivity contribution in [1.82, 2.24) is 14.9 Å². The van der Waals surface area contributed by atoms with E-state index in [9.17, 15) is 9.59 Å². The second-order valence-electron chi connectivity index (χ2n) is 6.06. The highest BCUT2D eigenvalue weighted by Gasteiger charge is 2.31. The number of nitrogens with zero attached hydrogens (tertiary/aromatic N) is 3. The van der Waals surface area contributed by atoms with Crippen LogP contribution in [0.25, 0.3) is 0 Å². The Morgan fingerprint density at radius 1 is 1.42 bits per heavy atom. The summed E-state index contributed by atoms with van der Waals surface area (Å²) < 4.78 is 0. The first-order valence-electron chi connectivity index (χ1n) is 7.80. The molecule has 0 aliphatic carbocycles. The first-order valence-corrected chi connectivity index (χ1v) is 8.17. The maximum Gasteiger partial charge on any atom is 0.266 e. The molecule has 1 atom stereocenters. The maximum atomic E-state index is 12.8. The lowest BCUT2D eigenvalue weighted by Gasteiger charge is -2.26. The second-order valence-corrected chi connectivity index (χ2v) is 6.47. The quantitative estimate of drug-likeness (QED) is 0.927. The number of anilines is 1. The summed E-state index contributed by atoms with van der Waals surface area (Å²) in [6, 6.07) is 5.39. The lowest BCUT2D eigenvalue weighted by atomic mass is 10.1. The molecule has 7 heteroatoms. The van der Waals surface area contributed by atoms with Gasteiger partial charge in [-0.05, 0) is 36.6 Å². The van der Waals surface area contributed by atoms with Gasteiger partial charge in [-0.15, -0.1) is 0 Å². The van der Waals surface area contributed by atoms with E-state index in [2.05, 4.69) is 9.97 Å². The number of aromatic nitrogens is 2. The van der Waals surface area contributed by atoms with Crippen molar-refractivity contribution in [3.63, 3.8) is 0 Å². The molecule has 24 heavy (non-hydrogen) atoms. The van der Waals surface area contributed by atoms with E-state index in [4.69, 9.17) is 11.6 Å². The fourth-order valence-corrected chi connectivity index (χ4v) is 3.16. The molecule has 1 aliphatic heterocycles. The van der Waals surface area contributed by atoms with Gasteiger partial charge in [0, 0.05) is 33.0 Å². The van der Waals surface area contributed by atoms with Crippen molar-refractivity contribution in [2.75, 3.05) is 25.5 Å². The summed E-state index contributed by atoms with van der Waals surface area (Å²) in [5.41, 5.74) is 1.07. The summed E-state index contributed by atoms with van der Waals surface area (Å²) in [6.45, 7) is 0.680. The summed E-state index contributed by atoms with van der Waals surface area (Å²) in [5.74, 6) is 0.734. The normalized spacial score (nSPS) is 17.1. The van der Waals surface area contributed by atoms with E-state index < -0.39 is 5.56 Å². The molecule has 0 radical (unpaired) electrons. The zero-order chi connectivity index (χ0) is 17.3. The maximum absolute atomic E-state index is 12.8. The Balaban J connectivity index is 1.90. The second kappa shape index (κ2) is 6.65. The third-order valence-electron chi connectivity index (χ3n) is 4.23. The number of carbonyl (C=O) groups excluding carboxylic acids is 1. The molecule has 1 aliphatic rings. The van der Waals surface area contributed by atoms with Gasteiger partial charge in [0.1, 0.15) is 10.8 Å². The third-order valence-corrected chi connectivity index (χ3v) is 4.51. The lowest BCUT2D eigenvalue weighted by molar-refractivity contribution is 0.0735. The standard InChI is InChI=1S/C17H19ClN4O2/c1-21(2)15-9-11(5-6-19-15)14-4-3-7-22(14)17(24)12-8-13(18)16(23)20-10-12/h5-6,8-10,14H,3-4,7H2,1-2H3,(H,20,23)/t14-/m0/s1. The van der Waals surface area contributed by atoms with Crippen molar-refractivity contribution in [2.24, 2.45) is 0 Å². The highest BCUT2D eigenvalue weighted by molar-refractivity contribution is 6.30. The molecule has 1 fully saturated rings. The van der Waals surface area contributed by atoms with Gasteiger partial charge >= 0.3 is 0 Å². The predicted octanol–water partition coefficient (Wildman–Crippen LogP) is 2.47. The fourth-order valence-electron chi connectivity index (χ4n) is 2.99. The predicted molar refractivity (Wildman–Crippen MR) is 93.6 cm³/mol. The Kier molecular flexibility index (Phi) is 4.57. The van der Waals surface area contributed by atoms with Crippen LogP contribution in [0.5, 0.6) is 0 Å². The molecule has 6 nitrogen and oxygen atoms in total. The summed E-state index contributed by atoms with van der Waals surface area (Å²) in [4.78, 5) is 34.8. The Bertz CT molecular complexity index is 818. The van der Waals surface area contributed by atoms with Crippen molar-refractivity contribution in [3.8, 4) is 0 Å². The van der Waals surface area contributed by atoms with Crippen LogP contribution in [-0.2, 0) is 0 Å². The van der Waals surface area contributed by atoms with Crippen LogP contribution in [0.1, 0.15) is 34.8 Å². The molecule has 0 spiro atoms. The number of rotatable bonds is 3. The number of H-pyrrole nitrogens is 1. The van der Waals surface area contributed by atoms with Crippen molar-refractivity contribution < 1.29 is 4.79 Å². The first-order chi connectivity index (χ1) is 11.5. The molecule has 126 valence electrons. The van der Waals surface area contributed by atoms with Gasteiger partial charge in [0.2, 0.25) is 0 Å². The zero-order valence-corrected chi connectivity index (χ0v) is 14.4. The van der Waals surface area contributed by atoms with E-state index in [0.29, 0.717) is 12.1 Å². The Labute approximate surface area is 145 Å². The highest BCUT2D eigenvalue weighted by Crippen LogP contribution is 2.34. The van der Waals surface area contributed by atoms with Crippen LogP contribution in [0, 0.1) is 0 Å². The van der Waals surface area contributed by atoms with Crippen molar-refractivity contribution in [1.29, 1.82) is 0 Å². The minimum Gasteiger partial charge on any atom is -0.363 e. The zero-order valence-electron chi connectivity index (χ0n) is 13.6. The number of aromatic amines is 1. The lowest BCUT2D eigenvalue weighted by Crippen LogP contribution is -2.31. The van der Waals surface area contributed by atoms with E-state index >= 15 is 0 Å². The first kappa shape index (κ1) is 16.5. The summed E-state index contributed by atoms with van der Waals surface area (Å²) in [6.07, 6.45) is 5.03. The number of pyridine rings is 2. The summed E-state index contributed by atoms with van der Waals surface area (Å²) in [7, 11) is 3.87. The Hall–Kier alpha value is -2.34. The van der Waals surface area contributed by atoms with E-state index in [1.807, 2.05) is 36.0 Å². The average molecular weight is 347 g/mol. The topological polar surface area (TPSA) is 69.3 Å². The monoisotopic (exact) mass is 346 g/mol. The van der Waals surface area contributed by atoms with Crippen LogP contribution in [-0.4, -0.2) is 41.4 Å². The van der Waals surface area contributed by atoms with Gasteiger partial charge in [-0.3, -0.25) is 9.59 Å². The Morgan fingerprint density at radius 2 is 2.21 bits per heavy atom. The van der Waals surface area contributed by atoms with Crippen LogP contribution in [0.15, 0.2) is 35.4 Å². The number of hydrogen-bond donors (Lipinski definition) is 1. The van der Waals surface area contributed by atoms with Crippen LogP contribution in [0.2, 0.25) is 5.02 Å². The van der Waals surface area contributed by atoms with Gasteiger partial charge in [-0.2, -0.15) is 0 Å². The molecular weight excluding hydrogens is 328 g/mol. The molecule has 1 amide bonds. The molecular formula is C17H19ClN4O2. The van der Waals surface area contributed by atoms with Crippen molar-refractivity contribution >= 4 is 23.3 Å². The molecule has 1 saturated heterocycles. The van der Waals surface area contributed by atoms with Crippen LogP contribution in [0.4, 0.5) is 5.82 Å². The van der Waals surface area contributed by atoms with Crippen LogP contribution >= 0.6 is 11.6 Å². The number of nitrogens with one attached hydrogen (secondary N) is 1. The molecule has 2 aromatic heterocycles. The third kappa shape index (κ3) is 3.14. The van der Waals surface area contributed by atoms with E-state index in [1.54, 1.807) is 6.20 Å². The highest BCUT2D eigenvalue weighted by atomic mass is 35.5. The number of carbonyl (C=O) groups is 1. The molecule has 0 bridgehead atoms. The molecule has 2 aromatic rings. The average Bonchev–Trinajstić information content (AvgIpc) is 3.06. The number of likely N-dealkylation sites (tertiary alicyclic amines) is 1. The van der Waals surface area contributed by atoms with Gasteiger partial charge in [0.05, 0.1) is 11.6 Å². The van der Waals surface area contributed by atoms with Gasteiger partial charge in [0.25, 0.3) is 11.5 Å². The minimum absolute atomic E-state index is 0.00454. The smallest absolute Gasteiger partial charge is 0.266 e.